The minimum Gasteiger partial charge on any atom is -0.493 e. The van der Waals surface area contributed by atoms with Crippen LogP contribution in [0.15, 0.2) is 76.3 Å². The lowest BCUT2D eigenvalue weighted by atomic mass is 9.96. The van der Waals surface area contributed by atoms with E-state index in [9.17, 15) is 0 Å². The monoisotopic (exact) mass is 478 g/mol. The molecule has 2 aliphatic heterocycles. The Balaban J connectivity index is 1.56. The molecule has 0 saturated heterocycles. The molecule has 0 N–H and O–H groups in total. The molecular formula is C25H23BrN2O3. The summed E-state index contributed by atoms with van der Waals surface area (Å²) in [5, 5.41) is 7.10. The van der Waals surface area contributed by atoms with Crippen molar-refractivity contribution in [3.05, 3.63) is 87.9 Å². The molecule has 158 valence electrons. The van der Waals surface area contributed by atoms with Gasteiger partial charge in [0, 0.05) is 22.0 Å². The first kappa shape index (κ1) is 19.9. The lowest BCUT2D eigenvalue weighted by Crippen LogP contribution is -2.33. The summed E-state index contributed by atoms with van der Waals surface area (Å²) in [6.07, 6.45) is 0.476. The van der Waals surface area contributed by atoms with Crippen LogP contribution >= 0.6 is 15.9 Å². The van der Waals surface area contributed by atoms with E-state index < -0.39 is 0 Å². The van der Waals surface area contributed by atoms with Crippen LogP contribution in [-0.4, -0.2) is 24.4 Å². The number of hydrogen-bond acceptors (Lipinski definition) is 5. The number of fused-ring (bicyclic) bond motifs is 3. The molecule has 0 aromatic heterocycles. The van der Waals surface area contributed by atoms with Gasteiger partial charge in [0.1, 0.15) is 5.75 Å². The van der Waals surface area contributed by atoms with E-state index in [1.54, 1.807) is 7.11 Å². The van der Waals surface area contributed by atoms with E-state index in [4.69, 9.17) is 19.3 Å². The van der Waals surface area contributed by atoms with E-state index in [0.717, 1.165) is 44.8 Å². The molecule has 0 radical (unpaired) electrons. The Morgan fingerprint density at radius 3 is 2.65 bits per heavy atom. The molecule has 2 unspecified atom stereocenters. The maximum absolute atomic E-state index is 6.45. The molecule has 2 atom stereocenters. The van der Waals surface area contributed by atoms with E-state index in [1.807, 2.05) is 37.3 Å². The van der Waals surface area contributed by atoms with Crippen LogP contribution < -0.4 is 14.2 Å². The van der Waals surface area contributed by atoms with Gasteiger partial charge in [-0.1, -0.05) is 46.3 Å². The quantitative estimate of drug-likeness (QED) is 0.444. The van der Waals surface area contributed by atoms with Crippen LogP contribution in [-0.2, 0) is 0 Å². The highest BCUT2D eigenvalue weighted by molar-refractivity contribution is 9.10. The van der Waals surface area contributed by atoms with Gasteiger partial charge in [0.15, 0.2) is 11.5 Å². The van der Waals surface area contributed by atoms with Crippen molar-refractivity contribution in [1.29, 1.82) is 0 Å². The minimum absolute atomic E-state index is 0.117. The van der Waals surface area contributed by atoms with E-state index >= 15 is 0 Å². The fraction of sp³-hybridized carbons (Fsp3) is 0.240. The molecule has 2 heterocycles. The largest absolute Gasteiger partial charge is 0.493 e. The summed E-state index contributed by atoms with van der Waals surface area (Å²) in [4.78, 5) is 0. The number of benzene rings is 3. The molecule has 0 saturated carbocycles. The summed E-state index contributed by atoms with van der Waals surface area (Å²) in [5.74, 6) is 2.31. The molecule has 0 fully saturated rings. The van der Waals surface area contributed by atoms with Crippen molar-refractivity contribution in [3.63, 3.8) is 0 Å². The van der Waals surface area contributed by atoms with Crippen molar-refractivity contribution in [1.82, 2.24) is 5.01 Å². The molecule has 5 rings (SSSR count). The second-order valence-corrected chi connectivity index (χ2v) is 8.42. The van der Waals surface area contributed by atoms with Crippen molar-refractivity contribution < 1.29 is 14.2 Å². The van der Waals surface area contributed by atoms with Crippen LogP contribution in [0.2, 0.25) is 0 Å². The number of ether oxygens (including phenoxy) is 3. The van der Waals surface area contributed by atoms with Gasteiger partial charge in [0.2, 0.25) is 6.23 Å². The Kier molecular flexibility index (Phi) is 5.32. The second kappa shape index (κ2) is 8.27. The molecule has 0 amide bonds. The zero-order valence-corrected chi connectivity index (χ0v) is 19.0. The van der Waals surface area contributed by atoms with Crippen molar-refractivity contribution in [3.8, 4) is 17.2 Å². The maximum atomic E-state index is 6.45. The highest BCUT2D eigenvalue weighted by atomic mass is 79.9. The van der Waals surface area contributed by atoms with Crippen LogP contribution in [0.5, 0.6) is 17.2 Å². The van der Waals surface area contributed by atoms with Gasteiger partial charge in [-0.25, -0.2) is 5.01 Å². The summed E-state index contributed by atoms with van der Waals surface area (Å²) in [6, 6.07) is 22.6. The van der Waals surface area contributed by atoms with Crippen LogP contribution in [0.3, 0.4) is 0 Å². The number of methoxy groups -OCH3 is 1. The topological polar surface area (TPSA) is 43.3 Å². The summed E-state index contributed by atoms with van der Waals surface area (Å²) in [5.41, 5.74) is 4.31. The summed E-state index contributed by atoms with van der Waals surface area (Å²) < 4.78 is 18.8. The van der Waals surface area contributed by atoms with Gasteiger partial charge in [-0.3, -0.25) is 0 Å². The molecular weight excluding hydrogens is 456 g/mol. The first-order chi connectivity index (χ1) is 15.2. The molecule has 3 aromatic carbocycles. The van der Waals surface area contributed by atoms with Crippen molar-refractivity contribution >= 4 is 21.6 Å². The Bertz CT molecular complexity index is 1130. The van der Waals surface area contributed by atoms with Gasteiger partial charge in [-0.2, -0.15) is 5.10 Å². The minimum atomic E-state index is -0.350. The zero-order chi connectivity index (χ0) is 21.4. The molecule has 0 spiro atoms. The fourth-order valence-electron chi connectivity index (χ4n) is 4.18. The number of halogens is 1. The van der Waals surface area contributed by atoms with Gasteiger partial charge in [0.05, 0.1) is 25.5 Å². The fourth-order valence-corrected chi connectivity index (χ4v) is 4.45. The highest BCUT2D eigenvalue weighted by Gasteiger charge is 2.41. The van der Waals surface area contributed by atoms with Gasteiger partial charge < -0.3 is 14.2 Å². The SMILES string of the molecule is CCOc1ccc(C2Oc3ccccc3C3CC(c4ccc(Br)cc4)=NN32)cc1OC. The molecule has 6 heteroatoms. The van der Waals surface area contributed by atoms with Crippen LogP contribution in [0, 0.1) is 0 Å². The average Bonchev–Trinajstić information content (AvgIpc) is 3.25. The van der Waals surface area contributed by atoms with Crippen LogP contribution in [0.4, 0.5) is 0 Å². The van der Waals surface area contributed by atoms with E-state index in [2.05, 4.69) is 57.3 Å². The normalized spacial score (nSPS) is 19.2. The third kappa shape index (κ3) is 3.65. The molecule has 5 nitrogen and oxygen atoms in total. The summed E-state index contributed by atoms with van der Waals surface area (Å²) >= 11 is 3.51. The molecule has 0 aliphatic carbocycles. The van der Waals surface area contributed by atoms with Crippen LogP contribution in [0.1, 0.15) is 42.3 Å². The number of nitrogens with zero attached hydrogens (tertiary/aromatic N) is 2. The van der Waals surface area contributed by atoms with Crippen molar-refractivity contribution in [2.24, 2.45) is 5.10 Å². The third-order valence-corrected chi connectivity index (χ3v) is 6.18. The summed E-state index contributed by atoms with van der Waals surface area (Å²) in [6.45, 7) is 2.54. The first-order valence-corrected chi connectivity index (χ1v) is 11.1. The Hall–Kier alpha value is -2.99. The highest BCUT2D eigenvalue weighted by Crippen LogP contribution is 2.48. The van der Waals surface area contributed by atoms with Crippen molar-refractivity contribution in [2.75, 3.05) is 13.7 Å². The van der Waals surface area contributed by atoms with E-state index in [1.165, 1.54) is 0 Å². The number of hydrogen-bond donors (Lipinski definition) is 0. The first-order valence-electron chi connectivity index (χ1n) is 10.4. The number of rotatable bonds is 5. The van der Waals surface area contributed by atoms with Crippen LogP contribution in [0.25, 0.3) is 0 Å². The lowest BCUT2D eigenvalue weighted by Gasteiger charge is -2.38. The average molecular weight is 479 g/mol. The van der Waals surface area contributed by atoms with E-state index in [0.29, 0.717) is 12.4 Å². The second-order valence-electron chi connectivity index (χ2n) is 7.50. The van der Waals surface area contributed by atoms with E-state index in [-0.39, 0.29) is 12.3 Å². The zero-order valence-electron chi connectivity index (χ0n) is 17.4. The molecule has 2 aliphatic rings. The van der Waals surface area contributed by atoms with Gasteiger partial charge >= 0.3 is 0 Å². The molecule has 3 aromatic rings. The third-order valence-electron chi connectivity index (χ3n) is 5.65. The lowest BCUT2D eigenvalue weighted by molar-refractivity contribution is -0.0191. The van der Waals surface area contributed by atoms with Gasteiger partial charge in [0.25, 0.3) is 0 Å². The van der Waals surface area contributed by atoms with Crippen molar-refractivity contribution in [2.45, 2.75) is 25.6 Å². The smallest absolute Gasteiger partial charge is 0.214 e. The number of hydrazone groups is 1. The summed E-state index contributed by atoms with van der Waals surface area (Å²) in [7, 11) is 1.65. The Morgan fingerprint density at radius 1 is 1.06 bits per heavy atom. The molecule has 31 heavy (non-hydrogen) atoms. The standard InChI is InChI=1S/C25H23BrN2O3/c1-3-30-23-13-10-17(14-24(23)29-2)25-28-21(19-6-4-5-7-22(19)31-25)15-20(27-28)16-8-11-18(26)12-9-16/h4-14,21,25H,3,15H2,1-2H3. The van der Waals surface area contributed by atoms with Gasteiger partial charge in [-0.15, -0.1) is 0 Å². The number of para-hydroxylation sites is 1. The Labute approximate surface area is 190 Å². The predicted octanol–water partition coefficient (Wildman–Crippen LogP) is 6.10. The maximum Gasteiger partial charge on any atom is 0.214 e. The van der Waals surface area contributed by atoms with Gasteiger partial charge in [-0.05, 0) is 48.9 Å². The Morgan fingerprint density at radius 2 is 1.87 bits per heavy atom. The predicted molar refractivity (Wildman–Crippen MR) is 124 cm³/mol. The molecule has 0 bridgehead atoms.